The van der Waals surface area contributed by atoms with Gasteiger partial charge in [0.1, 0.15) is 19.3 Å². The lowest BCUT2D eigenvalue weighted by Crippen LogP contribution is -2.47. The molecule has 9 nitrogen and oxygen atoms in total. The van der Waals surface area contributed by atoms with E-state index in [9.17, 15) is 19.0 Å². The lowest BCUT2D eigenvalue weighted by atomic mass is 10.0. The first-order valence-corrected chi connectivity index (χ1v) is 32.7. The first kappa shape index (κ1) is 73.7. The van der Waals surface area contributed by atoms with Gasteiger partial charge in [0.2, 0.25) is 5.91 Å². The third kappa shape index (κ3) is 57.2. The topological polar surface area (TPSA) is 111 Å². The van der Waals surface area contributed by atoms with Gasteiger partial charge in [-0.1, -0.05) is 233 Å². The number of carbonyl (C=O) groups excluding carboxylic acids is 2. The van der Waals surface area contributed by atoms with Crippen LogP contribution in [0, 0.1) is 0 Å². The van der Waals surface area contributed by atoms with Crippen LogP contribution >= 0.6 is 7.82 Å². The molecule has 1 amide bonds. The van der Waals surface area contributed by atoms with E-state index in [4.69, 9.17) is 13.8 Å². The van der Waals surface area contributed by atoms with Crippen LogP contribution in [0.25, 0.3) is 0 Å². The molecular weight excluding hydrogens is 976 g/mol. The van der Waals surface area contributed by atoms with Gasteiger partial charge in [-0.2, -0.15) is 0 Å². The highest BCUT2D eigenvalue weighted by atomic mass is 31.2. The van der Waals surface area contributed by atoms with E-state index in [1.54, 1.807) is 0 Å². The maximum absolute atomic E-state index is 13.6. The molecule has 0 rings (SSSR count). The fourth-order valence-corrected chi connectivity index (χ4v) is 9.06. The summed E-state index contributed by atoms with van der Waals surface area (Å²) in [7, 11) is 1.44. The average Bonchev–Trinajstić information content (AvgIpc) is 3.39. The fourth-order valence-electron chi connectivity index (χ4n) is 8.33. The zero-order valence-electron chi connectivity index (χ0n) is 50.4. The Bertz CT molecular complexity index is 1690. The van der Waals surface area contributed by atoms with Crippen LogP contribution in [-0.2, 0) is 27.9 Å². The molecule has 10 heteroatoms. The monoisotopic (exact) mass is 1090 g/mol. The molecular formula is C67H118N2O7P+. The first-order chi connectivity index (χ1) is 37.4. The Morgan fingerprint density at radius 1 is 0.455 bits per heavy atom. The van der Waals surface area contributed by atoms with E-state index in [0.29, 0.717) is 30.3 Å². The van der Waals surface area contributed by atoms with Crippen molar-refractivity contribution in [3.8, 4) is 0 Å². The summed E-state index contributed by atoms with van der Waals surface area (Å²) in [5.74, 6) is -0.597. The largest absolute Gasteiger partial charge is 0.472 e. The van der Waals surface area contributed by atoms with Crippen molar-refractivity contribution in [1.29, 1.82) is 0 Å². The number of phosphoric ester groups is 1. The minimum Gasteiger partial charge on any atom is -0.456 e. The van der Waals surface area contributed by atoms with E-state index in [-0.39, 0.29) is 31.5 Å². The van der Waals surface area contributed by atoms with E-state index in [1.807, 2.05) is 33.3 Å². The van der Waals surface area contributed by atoms with Crippen molar-refractivity contribution in [3.05, 3.63) is 109 Å². The fraction of sp³-hybridized carbons (Fsp3) is 0.701. The number of allylic oxidation sites excluding steroid dienone is 17. The van der Waals surface area contributed by atoms with Crippen LogP contribution in [0.1, 0.15) is 252 Å². The number of nitrogens with one attached hydrogen (secondary N) is 1. The Balaban J connectivity index is 5.42. The summed E-state index contributed by atoms with van der Waals surface area (Å²) in [5.41, 5.74) is 0. The Labute approximate surface area is 474 Å². The molecule has 0 saturated carbocycles. The molecule has 0 heterocycles. The highest BCUT2D eigenvalue weighted by Gasteiger charge is 2.30. The van der Waals surface area contributed by atoms with Gasteiger partial charge < -0.3 is 19.4 Å². The number of unbranched alkanes of at least 4 members (excludes halogenated alkanes) is 23. The van der Waals surface area contributed by atoms with E-state index >= 15 is 0 Å². The van der Waals surface area contributed by atoms with Crippen molar-refractivity contribution < 1.29 is 37.3 Å². The van der Waals surface area contributed by atoms with E-state index in [0.717, 1.165) is 96.3 Å². The first-order valence-electron chi connectivity index (χ1n) is 31.2. The number of ether oxygens (including phenoxy) is 1. The van der Waals surface area contributed by atoms with Gasteiger partial charge in [0.15, 0.2) is 0 Å². The number of nitrogens with zero attached hydrogens (tertiary/aromatic N) is 1. The van der Waals surface area contributed by atoms with E-state index in [1.165, 1.54) is 109 Å². The summed E-state index contributed by atoms with van der Waals surface area (Å²) in [4.78, 5) is 37.7. The molecule has 0 aliphatic rings. The van der Waals surface area contributed by atoms with Gasteiger partial charge in [-0.15, -0.1) is 0 Å². The zero-order chi connectivity index (χ0) is 56.4. The summed E-state index contributed by atoms with van der Waals surface area (Å²) < 4.78 is 30.6. The van der Waals surface area contributed by atoms with Gasteiger partial charge in [-0.3, -0.25) is 18.6 Å². The lowest BCUT2D eigenvalue weighted by Gasteiger charge is -2.27. The van der Waals surface area contributed by atoms with Crippen molar-refractivity contribution in [3.63, 3.8) is 0 Å². The van der Waals surface area contributed by atoms with Gasteiger partial charge in [0.25, 0.3) is 0 Å². The molecule has 3 atom stereocenters. The molecule has 0 spiro atoms. The number of quaternary nitrogens is 1. The van der Waals surface area contributed by atoms with Gasteiger partial charge >= 0.3 is 13.8 Å². The predicted molar refractivity (Wildman–Crippen MR) is 332 cm³/mol. The highest BCUT2D eigenvalue weighted by molar-refractivity contribution is 7.47. The minimum atomic E-state index is -4.47. The number of amides is 1. The minimum absolute atomic E-state index is 0.0224. The van der Waals surface area contributed by atoms with Crippen LogP contribution in [0.15, 0.2) is 109 Å². The van der Waals surface area contributed by atoms with Gasteiger partial charge in [0, 0.05) is 12.8 Å². The third-order valence-electron chi connectivity index (χ3n) is 13.2. The number of carbonyl (C=O) groups is 2. The van der Waals surface area contributed by atoms with Crippen LogP contribution in [0.5, 0.6) is 0 Å². The van der Waals surface area contributed by atoms with Gasteiger partial charge in [-0.25, -0.2) is 4.57 Å². The summed E-state index contributed by atoms with van der Waals surface area (Å²) in [5, 5.41) is 3.03. The van der Waals surface area contributed by atoms with Crippen LogP contribution < -0.4 is 5.32 Å². The maximum atomic E-state index is 13.6. The number of esters is 1. The van der Waals surface area contributed by atoms with E-state index < -0.39 is 20.0 Å². The second-order valence-corrected chi connectivity index (χ2v) is 23.3. The second kappa shape index (κ2) is 56.0. The van der Waals surface area contributed by atoms with Crippen LogP contribution in [0.4, 0.5) is 0 Å². The molecule has 442 valence electrons. The third-order valence-corrected chi connectivity index (χ3v) is 14.2. The Morgan fingerprint density at radius 2 is 0.805 bits per heavy atom. The molecule has 0 aromatic carbocycles. The molecule has 0 bridgehead atoms. The molecule has 0 aliphatic carbocycles. The SMILES string of the molecule is CCCCC/C=C\C/C=C\C/C=C\C/C=C\CCCCCCCC(=O)NC(COP(=O)(O)OCC[N+](C)(C)C)C(/C=C\CCCCCCCCCCCCC)OC(=O)CCC/C=C\C/C=C\C/C=C\C/C=C\CCCCC. The molecule has 0 fully saturated rings. The summed E-state index contributed by atoms with van der Waals surface area (Å²) in [6.07, 6.45) is 76.6. The average molecular weight is 1090 g/mol. The van der Waals surface area contributed by atoms with Crippen molar-refractivity contribution in [2.75, 3.05) is 40.9 Å². The summed E-state index contributed by atoms with van der Waals surface area (Å²) >= 11 is 0. The molecule has 0 saturated heterocycles. The Morgan fingerprint density at radius 3 is 1.23 bits per heavy atom. The molecule has 2 N–H and O–H groups in total. The lowest BCUT2D eigenvalue weighted by molar-refractivity contribution is -0.870. The smallest absolute Gasteiger partial charge is 0.456 e. The zero-order valence-corrected chi connectivity index (χ0v) is 51.3. The molecule has 77 heavy (non-hydrogen) atoms. The number of likely N-dealkylation sites (N-methyl/N-ethyl adjacent to an activating group) is 1. The molecule has 3 unspecified atom stereocenters. The van der Waals surface area contributed by atoms with Crippen molar-refractivity contribution in [2.45, 2.75) is 264 Å². The highest BCUT2D eigenvalue weighted by Crippen LogP contribution is 2.43. The quantitative estimate of drug-likeness (QED) is 0.0205. The van der Waals surface area contributed by atoms with Gasteiger partial charge in [-0.05, 0) is 115 Å². The number of rotatable bonds is 55. The normalized spacial score (nSPS) is 14.4. The molecule has 0 aromatic heterocycles. The number of hydrogen-bond acceptors (Lipinski definition) is 6. The van der Waals surface area contributed by atoms with Crippen molar-refractivity contribution in [2.24, 2.45) is 0 Å². The maximum Gasteiger partial charge on any atom is 0.472 e. The summed E-state index contributed by atoms with van der Waals surface area (Å²) in [6.45, 7) is 6.90. The number of phosphoric acid groups is 1. The molecule has 0 radical (unpaired) electrons. The van der Waals surface area contributed by atoms with E-state index in [2.05, 4.69) is 123 Å². The van der Waals surface area contributed by atoms with Crippen molar-refractivity contribution in [1.82, 2.24) is 5.32 Å². The Kier molecular flexibility index (Phi) is 53.5. The standard InChI is InChI=1S/C67H117N2O7P/c1-7-10-13-16-19-22-25-28-30-32-33-34-35-37-38-41-44-47-50-53-56-59-66(70)68-64(63-75-77(72,73)74-62-61-69(4,5)6)65(58-55-52-49-46-43-40-27-24-21-18-15-12-9-3)76-67(71)60-57-54-51-48-45-42-39-36-31-29-26-23-20-17-14-11-8-2/h19-20,22-23,28-31,33-34,37-39,42,48,51,55,58,64-65H,7-18,21,24-27,32,35-36,40-41,43-47,49-50,52-54,56-57,59-63H2,1-6H3,(H-,68,70,72,73)/p+1/b22-19-,23-20-,30-28-,31-29-,34-33-,38-37-,42-39-,51-48-,58-55-. The second-order valence-electron chi connectivity index (χ2n) is 21.9. The number of hydrogen-bond donors (Lipinski definition) is 2. The van der Waals surface area contributed by atoms with Crippen LogP contribution in [-0.4, -0.2) is 74.3 Å². The van der Waals surface area contributed by atoms with Crippen LogP contribution in [0.3, 0.4) is 0 Å². The summed E-state index contributed by atoms with van der Waals surface area (Å²) in [6, 6.07) is -0.888. The van der Waals surface area contributed by atoms with Gasteiger partial charge in [0.05, 0.1) is 33.8 Å². The molecule has 0 aromatic rings. The Hall–Kier alpha value is -3.33. The molecule has 0 aliphatic heterocycles. The predicted octanol–water partition coefficient (Wildman–Crippen LogP) is 19.3. The van der Waals surface area contributed by atoms with Crippen molar-refractivity contribution >= 4 is 19.7 Å². The van der Waals surface area contributed by atoms with Crippen LogP contribution in [0.2, 0.25) is 0 Å².